The molecule has 0 amide bonds. The summed E-state index contributed by atoms with van der Waals surface area (Å²) in [5.41, 5.74) is 2.12. The Morgan fingerprint density at radius 1 is 1.39 bits per heavy atom. The van der Waals surface area contributed by atoms with E-state index in [4.69, 9.17) is 4.42 Å². The van der Waals surface area contributed by atoms with Crippen LogP contribution in [-0.4, -0.2) is 17.5 Å². The molecule has 4 atom stereocenters. The van der Waals surface area contributed by atoms with Gasteiger partial charge in [-0.3, -0.25) is 4.79 Å². The summed E-state index contributed by atoms with van der Waals surface area (Å²) in [6.07, 6.45) is 10.5. The number of allylic oxidation sites excluding steroid dienone is 1. The Balaban J connectivity index is 1.92. The van der Waals surface area contributed by atoms with Gasteiger partial charge in [0.05, 0.1) is 19.1 Å². The first-order valence-electron chi connectivity index (χ1n) is 8.78. The molecule has 0 saturated heterocycles. The highest BCUT2D eigenvalue weighted by atomic mass is 16.3. The normalized spacial score (nSPS) is 37.4. The molecule has 2 aliphatic rings. The third kappa shape index (κ3) is 2.69. The smallest absolute Gasteiger partial charge is 0.159 e. The lowest BCUT2D eigenvalue weighted by Gasteiger charge is -2.53. The lowest BCUT2D eigenvalue weighted by molar-refractivity contribution is -0.125. The van der Waals surface area contributed by atoms with Crippen molar-refractivity contribution in [3.8, 4) is 0 Å². The number of aliphatic hydroxyl groups is 1. The molecule has 0 radical (unpaired) electrons. The number of carbonyl (C=O) groups is 1. The van der Waals surface area contributed by atoms with Gasteiger partial charge in [-0.25, -0.2) is 0 Å². The Hall–Kier alpha value is -1.35. The maximum absolute atomic E-state index is 12.7. The van der Waals surface area contributed by atoms with E-state index in [0.29, 0.717) is 5.92 Å². The highest BCUT2D eigenvalue weighted by Gasteiger charge is 2.51. The number of fused-ring (bicyclic) bond motifs is 1. The Morgan fingerprint density at radius 2 is 2.17 bits per heavy atom. The van der Waals surface area contributed by atoms with E-state index in [0.717, 1.165) is 32.1 Å². The Kier molecular flexibility index (Phi) is 4.26. The minimum atomic E-state index is -0.227. The number of hydrogen-bond donors (Lipinski definition) is 1. The fourth-order valence-corrected chi connectivity index (χ4v) is 4.69. The number of aliphatic hydroxyl groups excluding tert-OH is 1. The fourth-order valence-electron chi connectivity index (χ4n) is 4.69. The second-order valence-corrected chi connectivity index (χ2v) is 8.02. The lowest BCUT2D eigenvalue weighted by atomic mass is 9.51. The van der Waals surface area contributed by atoms with Crippen molar-refractivity contribution in [1.82, 2.24) is 0 Å². The molecule has 3 heteroatoms. The summed E-state index contributed by atoms with van der Waals surface area (Å²) in [4.78, 5) is 12.7. The summed E-state index contributed by atoms with van der Waals surface area (Å²) in [6, 6.07) is 2.01. The van der Waals surface area contributed by atoms with E-state index in [9.17, 15) is 9.90 Å². The van der Waals surface area contributed by atoms with Crippen LogP contribution in [0.3, 0.4) is 0 Å². The number of furan rings is 1. The van der Waals surface area contributed by atoms with Crippen molar-refractivity contribution in [2.45, 2.75) is 52.9 Å². The molecule has 2 aliphatic carbocycles. The molecule has 3 nitrogen and oxygen atoms in total. The Bertz CT molecular complexity index is 600. The molecule has 1 N–H and O–H groups in total. The largest absolute Gasteiger partial charge is 0.472 e. The van der Waals surface area contributed by atoms with Crippen LogP contribution < -0.4 is 0 Å². The molecule has 126 valence electrons. The van der Waals surface area contributed by atoms with Crippen LogP contribution in [0.4, 0.5) is 0 Å². The molecule has 0 bridgehead atoms. The van der Waals surface area contributed by atoms with Crippen molar-refractivity contribution >= 4 is 5.78 Å². The predicted molar refractivity (Wildman–Crippen MR) is 89.9 cm³/mol. The molecule has 1 heterocycles. The second kappa shape index (κ2) is 5.94. The lowest BCUT2D eigenvalue weighted by Crippen LogP contribution is -2.48. The molecule has 3 rings (SSSR count). The van der Waals surface area contributed by atoms with Crippen LogP contribution in [0.5, 0.6) is 0 Å². The van der Waals surface area contributed by atoms with E-state index in [2.05, 4.69) is 20.8 Å². The molecule has 23 heavy (non-hydrogen) atoms. The van der Waals surface area contributed by atoms with Crippen LogP contribution >= 0.6 is 0 Å². The summed E-state index contributed by atoms with van der Waals surface area (Å²) in [7, 11) is 0. The number of rotatable bonds is 4. The number of aryl methyl sites for hydroxylation is 1. The van der Waals surface area contributed by atoms with Crippen molar-refractivity contribution in [2.24, 2.45) is 22.7 Å². The summed E-state index contributed by atoms with van der Waals surface area (Å²) >= 11 is 0. The number of ketones is 1. The van der Waals surface area contributed by atoms with Gasteiger partial charge in [0.25, 0.3) is 0 Å². The zero-order valence-corrected chi connectivity index (χ0v) is 14.5. The highest BCUT2D eigenvalue weighted by molar-refractivity contribution is 5.94. The molecule has 4 unspecified atom stereocenters. The Morgan fingerprint density at radius 3 is 2.83 bits per heavy atom. The van der Waals surface area contributed by atoms with Gasteiger partial charge in [-0.05, 0) is 54.7 Å². The molecule has 1 aromatic heterocycles. The van der Waals surface area contributed by atoms with Gasteiger partial charge in [-0.2, -0.15) is 0 Å². The molecular weight excluding hydrogens is 288 g/mol. The first-order valence-corrected chi connectivity index (χ1v) is 8.78. The van der Waals surface area contributed by atoms with Crippen molar-refractivity contribution in [2.75, 3.05) is 6.61 Å². The third-order valence-corrected chi connectivity index (χ3v) is 6.68. The monoisotopic (exact) mass is 316 g/mol. The topological polar surface area (TPSA) is 50.4 Å². The van der Waals surface area contributed by atoms with E-state index < -0.39 is 0 Å². The van der Waals surface area contributed by atoms with Gasteiger partial charge >= 0.3 is 0 Å². The van der Waals surface area contributed by atoms with Crippen LogP contribution in [0, 0.1) is 22.7 Å². The molecule has 0 aliphatic heterocycles. The van der Waals surface area contributed by atoms with E-state index in [1.165, 1.54) is 11.1 Å². The van der Waals surface area contributed by atoms with Gasteiger partial charge in [0.2, 0.25) is 0 Å². The van der Waals surface area contributed by atoms with Crippen LogP contribution in [-0.2, 0) is 11.2 Å². The average molecular weight is 316 g/mol. The SMILES string of the molecule is CC1C(=O)C=C2C(CCCC2(C)CO)C1(C)CCc1ccoc1. The van der Waals surface area contributed by atoms with Gasteiger partial charge in [-0.15, -0.1) is 0 Å². The van der Waals surface area contributed by atoms with E-state index in [1.807, 2.05) is 12.1 Å². The van der Waals surface area contributed by atoms with Crippen LogP contribution in [0.1, 0.15) is 52.0 Å². The summed E-state index contributed by atoms with van der Waals surface area (Å²) in [5, 5.41) is 9.93. The van der Waals surface area contributed by atoms with Crippen molar-refractivity contribution in [1.29, 1.82) is 0 Å². The van der Waals surface area contributed by atoms with Crippen molar-refractivity contribution < 1.29 is 14.3 Å². The Labute approximate surface area is 138 Å². The van der Waals surface area contributed by atoms with Gasteiger partial charge < -0.3 is 9.52 Å². The first-order chi connectivity index (χ1) is 10.9. The molecule has 1 saturated carbocycles. The predicted octanol–water partition coefficient (Wildman–Crippen LogP) is 4.16. The minimum Gasteiger partial charge on any atom is -0.472 e. The summed E-state index contributed by atoms with van der Waals surface area (Å²) in [6.45, 7) is 6.60. The molecular formula is C20H28O3. The molecule has 1 aromatic rings. The molecule has 0 spiro atoms. The highest BCUT2D eigenvalue weighted by Crippen LogP contribution is 2.57. The van der Waals surface area contributed by atoms with E-state index in [1.54, 1.807) is 12.5 Å². The summed E-state index contributed by atoms with van der Waals surface area (Å²) in [5.74, 6) is 0.657. The van der Waals surface area contributed by atoms with E-state index in [-0.39, 0.29) is 29.1 Å². The molecule has 0 aromatic carbocycles. The van der Waals surface area contributed by atoms with Crippen LogP contribution in [0.25, 0.3) is 0 Å². The van der Waals surface area contributed by atoms with Crippen molar-refractivity contribution in [3.05, 3.63) is 35.8 Å². The maximum atomic E-state index is 12.7. The zero-order chi connectivity index (χ0) is 16.7. The average Bonchev–Trinajstić information content (AvgIpc) is 3.06. The number of hydrogen-bond acceptors (Lipinski definition) is 3. The molecule has 1 fully saturated rings. The van der Waals surface area contributed by atoms with Crippen LogP contribution in [0.2, 0.25) is 0 Å². The van der Waals surface area contributed by atoms with Crippen LogP contribution in [0.15, 0.2) is 34.7 Å². The second-order valence-electron chi connectivity index (χ2n) is 8.02. The quantitative estimate of drug-likeness (QED) is 0.907. The first kappa shape index (κ1) is 16.5. The number of carbonyl (C=O) groups excluding carboxylic acids is 1. The van der Waals surface area contributed by atoms with E-state index >= 15 is 0 Å². The zero-order valence-electron chi connectivity index (χ0n) is 14.5. The standard InChI is InChI=1S/C20H28O3/c1-14-18(22)11-17-16(5-4-8-19(17,2)13-21)20(14,3)9-6-15-7-10-23-12-15/h7,10-12,14,16,21H,4-6,8-9,13H2,1-3H3. The maximum Gasteiger partial charge on any atom is 0.159 e. The van der Waals surface area contributed by atoms with Gasteiger partial charge in [0.15, 0.2) is 5.78 Å². The van der Waals surface area contributed by atoms with Gasteiger partial charge in [0.1, 0.15) is 0 Å². The van der Waals surface area contributed by atoms with Gasteiger partial charge in [-0.1, -0.05) is 32.8 Å². The summed E-state index contributed by atoms with van der Waals surface area (Å²) < 4.78 is 5.18. The van der Waals surface area contributed by atoms with Crippen molar-refractivity contribution in [3.63, 3.8) is 0 Å². The third-order valence-electron chi connectivity index (χ3n) is 6.68. The van der Waals surface area contributed by atoms with Gasteiger partial charge in [0, 0.05) is 11.3 Å². The fraction of sp³-hybridized carbons (Fsp3) is 0.650. The minimum absolute atomic E-state index is 0.0317.